The first kappa shape index (κ1) is 19.2. The first-order valence-electron chi connectivity index (χ1n) is 8.40. The van der Waals surface area contributed by atoms with Crippen LogP contribution in [-0.2, 0) is 20.4 Å². The highest BCUT2D eigenvalue weighted by atomic mass is 32.2. The molecule has 4 nitrogen and oxygen atoms in total. The van der Waals surface area contributed by atoms with Gasteiger partial charge in [0, 0.05) is 12.2 Å². The van der Waals surface area contributed by atoms with Crippen LogP contribution in [0.4, 0.5) is 5.69 Å². The van der Waals surface area contributed by atoms with E-state index in [2.05, 4.69) is 0 Å². The van der Waals surface area contributed by atoms with Gasteiger partial charge in [0.05, 0.1) is 5.75 Å². The molecule has 0 saturated heterocycles. The van der Waals surface area contributed by atoms with Crippen molar-refractivity contribution in [3.63, 3.8) is 0 Å². The minimum absolute atomic E-state index is 0.125. The number of hydrogen-bond donors (Lipinski definition) is 0. The average molecular weight is 359 g/mol. The van der Waals surface area contributed by atoms with Crippen molar-refractivity contribution in [2.45, 2.75) is 38.7 Å². The molecule has 2 aromatic carbocycles. The molecule has 0 aliphatic rings. The molecule has 0 saturated carbocycles. The Kier molecular flexibility index (Phi) is 6.01. The predicted octanol–water partition coefficient (Wildman–Crippen LogP) is 3.66. The van der Waals surface area contributed by atoms with Crippen LogP contribution < -0.4 is 4.90 Å². The predicted molar refractivity (Wildman–Crippen MR) is 102 cm³/mol. The van der Waals surface area contributed by atoms with E-state index in [1.54, 1.807) is 0 Å². The topological polar surface area (TPSA) is 54.5 Å². The zero-order valence-electron chi connectivity index (χ0n) is 15.2. The van der Waals surface area contributed by atoms with Gasteiger partial charge in [0.2, 0.25) is 5.91 Å². The van der Waals surface area contributed by atoms with Crippen LogP contribution in [0.15, 0.2) is 48.5 Å². The SMILES string of the molecule is CCN(C(=O)[C@@H](C)S(=O)(=O)Cc1cc(C)ccc1C)c1ccccc1. The van der Waals surface area contributed by atoms with Crippen LogP contribution in [0.1, 0.15) is 30.5 Å². The molecule has 0 fully saturated rings. The van der Waals surface area contributed by atoms with Gasteiger partial charge >= 0.3 is 0 Å². The Bertz CT molecular complexity index is 844. The molecule has 2 aromatic rings. The number of benzene rings is 2. The van der Waals surface area contributed by atoms with Crippen molar-refractivity contribution in [3.8, 4) is 0 Å². The number of sulfone groups is 1. The molecule has 0 aliphatic heterocycles. The minimum atomic E-state index is -3.61. The van der Waals surface area contributed by atoms with Crippen LogP contribution in [0.2, 0.25) is 0 Å². The smallest absolute Gasteiger partial charge is 0.245 e. The highest BCUT2D eigenvalue weighted by Crippen LogP contribution is 2.20. The van der Waals surface area contributed by atoms with Crippen LogP contribution in [0, 0.1) is 13.8 Å². The Labute approximate surface area is 150 Å². The molecule has 2 rings (SSSR count). The molecule has 0 aliphatic carbocycles. The molecule has 5 heteroatoms. The zero-order chi connectivity index (χ0) is 18.6. The van der Waals surface area contributed by atoms with Gasteiger partial charge in [-0.15, -0.1) is 0 Å². The monoisotopic (exact) mass is 359 g/mol. The summed E-state index contributed by atoms with van der Waals surface area (Å²) in [5.74, 6) is -0.515. The van der Waals surface area contributed by atoms with E-state index in [0.717, 1.165) is 16.7 Å². The van der Waals surface area contributed by atoms with Gasteiger partial charge in [-0.1, -0.05) is 42.0 Å². The molecule has 0 aromatic heterocycles. The Morgan fingerprint density at radius 1 is 1.08 bits per heavy atom. The van der Waals surface area contributed by atoms with E-state index < -0.39 is 15.1 Å². The maximum atomic E-state index is 12.8. The summed E-state index contributed by atoms with van der Waals surface area (Å²) in [5.41, 5.74) is 3.39. The van der Waals surface area contributed by atoms with Gasteiger partial charge in [-0.25, -0.2) is 8.42 Å². The molecule has 25 heavy (non-hydrogen) atoms. The fourth-order valence-corrected chi connectivity index (χ4v) is 4.17. The Morgan fingerprint density at radius 2 is 1.72 bits per heavy atom. The minimum Gasteiger partial charge on any atom is -0.312 e. The van der Waals surface area contributed by atoms with Crippen molar-refractivity contribution in [2.75, 3.05) is 11.4 Å². The second-order valence-electron chi connectivity index (χ2n) is 6.30. The van der Waals surface area contributed by atoms with E-state index in [1.807, 2.05) is 69.3 Å². The fraction of sp³-hybridized carbons (Fsp3) is 0.350. The van der Waals surface area contributed by atoms with E-state index >= 15 is 0 Å². The van der Waals surface area contributed by atoms with Crippen LogP contribution in [0.5, 0.6) is 0 Å². The third kappa shape index (κ3) is 4.48. The lowest BCUT2D eigenvalue weighted by atomic mass is 10.1. The summed E-state index contributed by atoms with van der Waals surface area (Å²) >= 11 is 0. The largest absolute Gasteiger partial charge is 0.312 e. The Hall–Kier alpha value is -2.14. The van der Waals surface area contributed by atoms with Gasteiger partial charge in [-0.3, -0.25) is 4.79 Å². The number of nitrogens with zero attached hydrogens (tertiary/aromatic N) is 1. The highest BCUT2D eigenvalue weighted by molar-refractivity contribution is 7.92. The number of hydrogen-bond acceptors (Lipinski definition) is 3. The molecule has 0 spiro atoms. The van der Waals surface area contributed by atoms with Crippen molar-refractivity contribution in [1.29, 1.82) is 0 Å². The quantitative estimate of drug-likeness (QED) is 0.791. The maximum Gasteiger partial charge on any atom is 0.245 e. The van der Waals surface area contributed by atoms with E-state index in [4.69, 9.17) is 0 Å². The second kappa shape index (κ2) is 7.83. The number of carbonyl (C=O) groups is 1. The second-order valence-corrected chi connectivity index (χ2v) is 8.62. The molecule has 1 atom stereocenters. The van der Waals surface area contributed by atoms with Crippen LogP contribution >= 0.6 is 0 Å². The van der Waals surface area contributed by atoms with Gasteiger partial charge in [0.1, 0.15) is 5.25 Å². The van der Waals surface area contributed by atoms with E-state index in [1.165, 1.54) is 11.8 Å². The summed E-state index contributed by atoms with van der Waals surface area (Å²) in [6.45, 7) is 7.56. The number of aryl methyl sites for hydroxylation is 2. The summed E-state index contributed by atoms with van der Waals surface area (Å²) < 4.78 is 25.6. The van der Waals surface area contributed by atoms with Crippen LogP contribution in [0.25, 0.3) is 0 Å². The summed E-state index contributed by atoms with van der Waals surface area (Å²) in [4.78, 5) is 14.3. The molecule has 0 N–H and O–H groups in total. The number of anilines is 1. The number of carbonyl (C=O) groups excluding carboxylic acids is 1. The number of rotatable bonds is 6. The molecular formula is C20H25NO3S. The molecule has 0 heterocycles. The third-order valence-electron chi connectivity index (χ3n) is 4.40. The lowest BCUT2D eigenvalue weighted by Gasteiger charge is -2.24. The Morgan fingerprint density at radius 3 is 2.32 bits per heavy atom. The van der Waals surface area contributed by atoms with Gasteiger partial charge in [-0.2, -0.15) is 0 Å². The standard InChI is InChI=1S/C20H25NO3S/c1-5-21(19-9-7-6-8-10-19)20(22)17(4)25(23,24)14-18-13-15(2)11-12-16(18)3/h6-13,17H,5,14H2,1-4H3/t17-/m1/s1. The normalized spacial score (nSPS) is 12.6. The average Bonchev–Trinajstić information content (AvgIpc) is 2.58. The van der Waals surface area contributed by atoms with Gasteiger partial charge < -0.3 is 4.90 Å². The van der Waals surface area contributed by atoms with E-state index in [9.17, 15) is 13.2 Å². The first-order chi connectivity index (χ1) is 11.8. The maximum absolute atomic E-state index is 12.8. The van der Waals surface area contributed by atoms with E-state index in [-0.39, 0.29) is 11.7 Å². The summed E-state index contributed by atoms with van der Waals surface area (Å²) in [6.07, 6.45) is 0. The lowest BCUT2D eigenvalue weighted by molar-refractivity contribution is -0.117. The molecule has 0 bridgehead atoms. The third-order valence-corrected chi connectivity index (χ3v) is 6.39. The molecule has 134 valence electrons. The van der Waals surface area contributed by atoms with Crippen molar-refractivity contribution < 1.29 is 13.2 Å². The molecule has 1 amide bonds. The molecule has 0 radical (unpaired) electrons. The molecular weight excluding hydrogens is 334 g/mol. The van der Waals surface area contributed by atoms with Gasteiger partial charge in [0.25, 0.3) is 0 Å². The fourth-order valence-electron chi connectivity index (χ4n) is 2.74. The van der Waals surface area contributed by atoms with Crippen LogP contribution in [-0.4, -0.2) is 26.1 Å². The van der Waals surface area contributed by atoms with Gasteiger partial charge in [-0.05, 0) is 51.0 Å². The van der Waals surface area contributed by atoms with Crippen molar-refractivity contribution in [2.24, 2.45) is 0 Å². The lowest BCUT2D eigenvalue weighted by Crippen LogP contribution is -2.42. The number of amides is 1. The number of para-hydroxylation sites is 1. The van der Waals surface area contributed by atoms with Crippen molar-refractivity contribution in [1.82, 2.24) is 0 Å². The summed E-state index contributed by atoms with van der Waals surface area (Å²) in [6, 6.07) is 14.9. The van der Waals surface area contributed by atoms with Crippen molar-refractivity contribution >= 4 is 21.4 Å². The van der Waals surface area contributed by atoms with Crippen molar-refractivity contribution in [3.05, 3.63) is 65.2 Å². The Balaban J connectivity index is 2.26. The van der Waals surface area contributed by atoms with Crippen LogP contribution in [0.3, 0.4) is 0 Å². The summed E-state index contributed by atoms with van der Waals surface area (Å²) in [5, 5.41) is -1.09. The highest BCUT2D eigenvalue weighted by Gasteiger charge is 2.32. The summed E-state index contributed by atoms with van der Waals surface area (Å²) in [7, 11) is -3.61. The van der Waals surface area contributed by atoms with Gasteiger partial charge in [0.15, 0.2) is 9.84 Å². The first-order valence-corrected chi connectivity index (χ1v) is 10.1. The van der Waals surface area contributed by atoms with E-state index in [0.29, 0.717) is 12.2 Å². The molecule has 0 unspecified atom stereocenters. The zero-order valence-corrected chi connectivity index (χ0v) is 16.0.